The number of hydrogen-bond donors (Lipinski definition) is 0. The van der Waals surface area contributed by atoms with Crippen molar-refractivity contribution in [1.82, 2.24) is 9.88 Å². The molecule has 0 fully saturated rings. The van der Waals surface area contributed by atoms with Crippen LogP contribution in [0.2, 0.25) is 0 Å². The lowest BCUT2D eigenvalue weighted by Crippen LogP contribution is -2.21. The Hall–Kier alpha value is -1.15. The Kier molecular flexibility index (Phi) is 3.17. The van der Waals surface area contributed by atoms with Gasteiger partial charge in [-0.1, -0.05) is 6.08 Å². The van der Waals surface area contributed by atoms with Crippen molar-refractivity contribution >= 4 is 5.57 Å². The fraction of sp³-hybridized carbons (Fsp3) is 0.462. The molecule has 1 aromatic heterocycles. The summed E-state index contributed by atoms with van der Waals surface area (Å²) in [6.07, 6.45) is 8.64. The minimum absolute atomic E-state index is 0.697. The number of rotatable bonds is 3. The first-order valence-electron chi connectivity index (χ1n) is 5.52. The summed E-state index contributed by atoms with van der Waals surface area (Å²) in [7, 11) is 4.28. The molecule has 1 aromatic rings. The first-order chi connectivity index (χ1) is 7.27. The molecule has 0 N–H and O–H groups in total. The third-order valence-electron chi connectivity index (χ3n) is 2.92. The number of aromatic nitrogens is 1. The van der Waals surface area contributed by atoms with Crippen molar-refractivity contribution < 1.29 is 0 Å². The van der Waals surface area contributed by atoms with E-state index >= 15 is 0 Å². The van der Waals surface area contributed by atoms with Crippen molar-refractivity contribution in [3.05, 3.63) is 36.2 Å². The smallest absolute Gasteiger partial charge is 0.0273 e. The summed E-state index contributed by atoms with van der Waals surface area (Å²) >= 11 is 0. The van der Waals surface area contributed by atoms with Crippen molar-refractivity contribution in [1.29, 1.82) is 0 Å². The SMILES string of the molecule is CN(C)CC1CCC=C1c1ccncc1. The highest BCUT2D eigenvalue weighted by molar-refractivity contribution is 5.68. The molecule has 1 heterocycles. The van der Waals surface area contributed by atoms with Crippen LogP contribution in [0.3, 0.4) is 0 Å². The molecule has 1 aliphatic rings. The van der Waals surface area contributed by atoms with Crippen molar-refractivity contribution in [2.45, 2.75) is 12.8 Å². The van der Waals surface area contributed by atoms with E-state index in [2.05, 4.69) is 42.2 Å². The van der Waals surface area contributed by atoms with Gasteiger partial charge in [0, 0.05) is 18.9 Å². The van der Waals surface area contributed by atoms with Crippen molar-refractivity contribution in [3.8, 4) is 0 Å². The van der Waals surface area contributed by atoms with E-state index in [9.17, 15) is 0 Å². The van der Waals surface area contributed by atoms with Crippen LogP contribution in [-0.4, -0.2) is 30.5 Å². The molecule has 0 aliphatic heterocycles. The van der Waals surface area contributed by atoms with Gasteiger partial charge in [-0.05, 0) is 56.1 Å². The average molecular weight is 202 g/mol. The van der Waals surface area contributed by atoms with E-state index in [1.54, 1.807) is 0 Å². The predicted molar refractivity (Wildman–Crippen MR) is 63.5 cm³/mol. The summed E-state index contributed by atoms with van der Waals surface area (Å²) in [6.45, 7) is 1.15. The standard InChI is InChI=1S/C13H18N2/c1-15(2)10-12-4-3-5-13(12)11-6-8-14-9-7-11/h5-9,12H,3-4,10H2,1-2H3. The van der Waals surface area contributed by atoms with E-state index in [0.29, 0.717) is 5.92 Å². The molecule has 0 bridgehead atoms. The molecular weight excluding hydrogens is 184 g/mol. The van der Waals surface area contributed by atoms with Crippen LogP contribution in [0, 0.1) is 5.92 Å². The van der Waals surface area contributed by atoms with Crippen LogP contribution in [0.5, 0.6) is 0 Å². The third-order valence-corrected chi connectivity index (χ3v) is 2.92. The second kappa shape index (κ2) is 4.58. The van der Waals surface area contributed by atoms with Gasteiger partial charge in [0.1, 0.15) is 0 Å². The highest BCUT2D eigenvalue weighted by Crippen LogP contribution is 2.33. The second-order valence-electron chi connectivity index (χ2n) is 4.43. The molecular formula is C13H18N2. The number of pyridine rings is 1. The van der Waals surface area contributed by atoms with Crippen LogP contribution >= 0.6 is 0 Å². The average Bonchev–Trinajstić information content (AvgIpc) is 2.66. The minimum atomic E-state index is 0.697. The molecule has 2 nitrogen and oxygen atoms in total. The Labute approximate surface area is 91.6 Å². The molecule has 0 spiro atoms. The first-order valence-corrected chi connectivity index (χ1v) is 5.52. The minimum Gasteiger partial charge on any atom is -0.309 e. The van der Waals surface area contributed by atoms with Gasteiger partial charge < -0.3 is 4.90 Å². The largest absolute Gasteiger partial charge is 0.309 e. The Morgan fingerprint density at radius 3 is 2.73 bits per heavy atom. The van der Waals surface area contributed by atoms with Gasteiger partial charge in [-0.15, -0.1) is 0 Å². The van der Waals surface area contributed by atoms with Gasteiger partial charge in [-0.2, -0.15) is 0 Å². The summed E-state index contributed by atoms with van der Waals surface area (Å²) in [6, 6.07) is 4.22. The maximum absolute atomic E-state index is 4.07. The lowest BCUT2D eigenvalue weighted by Gasteiger charge is -2.19. The Balaban J connectivity index is 2.15. The second-order valence-corrected chi connectivity index (χ2v) is 4.43. The zero-order chi connectivity index (χ0) is 10.7. The molecule has 0 saturated heterocycles. The fourth-order valence-corrected chi connectivity index (χ4v) is 2.29. The topological polar surface area (TPSA) is 16.1 Å². The molecule has 0 aromatic carbocycles. The fourth-order valence-electron chi connectivity index (χ4n) is 2.29. The van der Waals surface area contributed by atoms with E-state index in [4.69, 9.17) is 0 Å². The van der Waals surface area contributed by atoms with Crippen LogP contribution in [0.4, 0.5) is 0 Å². The van der Waals surface area contributed by atoms with E-state index in [-0.39, 0.29) is 0 Å². The van der Waals surface area contributed by atoms with E-state index in [0.717, 1.165) is 6.54 Å². The molecule has 2 rings (SSSR count). The van der Waals surface area contributed by atoms with Crippen molar-refractivity contribution in [2.24, 2.45) is 5.92 Å². The first kappa shape index (κ1) is 10.4. The summed E-state index contributed by atoms with van der Waals surface area (Å²) < 4.78 is 0. The molecule has 15 heavy (non-hydrogen) atoms. The molecule has 2 heteroatoms. The molecule has 0 radical (unpaired) electrons. The number of hydrogen-bond acceptors (Lipinski definition) is 2. The lowest BCUT2D eigenvalue weighted by molar-refractivity contribution is 0.361. The third kappa shape index (κ3) is 2.45. The maximum atomic E-state index is 4.07. The number of allylic oxidation sites excluding steroid dienone is 1. The molecule has 80 valence electrons. The van der Waals surface area contributed by atoms with E-state index in [1.807, 2.05) is 12.4 Å². The molecule has 1 unspecified atom stereocenters. The van der Waals surface area contributed by atoms with E-state index < -0.39 is 0 Å². The van der Waals surface area contributed by atoms with Gasteiger partial charge in [0.25, 0.3) is 0 Å². The Morgan fingerprint density at radius 1 is 1.33 bits per heavy atom. The molecule has 0 amide bonds. The highest BCUT2D eigenvalue weighted by Gasteiger charge is 2.20. The van der Waals surface area contributed by atoms with Gasteiger partial charge in [-0.25, -0.2) is 0 Å². The van der Waals surface area contributed by atoms with Crippen LogP contribution in [-0.2, 0) is 0 Å². The van der Waals surface area contributed by atoms with Crippen LogP contribution in [0.1, 0.15) is 18.4 Å². The zero-order valence-electron chi connectivity index (χ0n) is 9.48. The normalized spacial score (nSPS) is 20.7. The summed E-state index contributed by atoms with van der Waals surface area (Å²) in [4.78, 5) is 6.33. The molecule has 1 atom stereocenters. The number of nitrogens with zero attached hydrogens (tertiary/aromatic N) is 2. The van der Waals surface area contributed by atoms with Gasteiger partial charge >= 0.3 is 0 Å². The molecule has 1 aliphatic carbocycles. The van der Waals surface area contributed by atoms with Crippen molar-refractivity contribution in [2.75, 3.05) is 20.6 Å². The van der Waals surface area contributed by atoms with Gasteiger partial charge in [0.05, 0.1) is 0 Å². The zero-order valence-corrected chi connectivity index (χ0v) is 9.48. The van der Waals surface area contributed by atoms with Crippen molar-refractivity contribution in [3.63, 3.8) is 0 Å². The van der Waals surface area contributed by atoms with Crippen LogP contribution in [0.25, 0.3) is 5.57 Å². The van der Waals surface area contributed by atoms with Gasteiger partial charge in [-0.3, -0.25) is 4.98 Å². The summed E-state index contributed by atoms with van der Waals surface area (Å²) in [5.74, 6) is 0.697. The van der Waals surface area contributed by atoms with Gasteiger partial charge in [0.15, 0.2) is 0 Å². The maximum Gasteiger partial charge on any atom is 0.0273 e. The molecule has 0 saturated carbocycles. The van der Waals surface area contributed by atoms with Gasteiger partial charge in [0.2, 0.25) is 0 Å². The highest BCUT2D eigenvalue weighted by atomic mass is 15.1. The lowest BCUT2D eigenvalue weighted by atomic mass is 9.95. The summed E-state index contributed by atoms with van der Waals surface area (Å²) in [5, 5.41) is 0. The Bertz CT molecular complexity index is 341. The quantitative estimate of drug-likeness (QED) is 0.748. The van der Waals surface area contributed by atoms with E-state index in [1.165, 1.54) is 24.0 Å². The van der Waals surface area contributed by atoms with Crippen LogP contribution in [0.15, 0.2) is 30.6 Å². The summed E-state index contributed by atoms with van der Waals surface area (Å²) in [5.41, 5.74) is 2.85. The van der Waals surface area contributed by atoms with Crippen LogP contribution < -0.4 is 0 Å². The predicted octanol–water partition coefficient (Wildman–Crippen LogP) is 2.44. The monoisotopic (exact) mass is 202 g/mol. The Morgan fingerprint density at radius 2 is 2.07 bits per heavy atom.